The van der Waals surface area contributed by atoms with E-state index in [4.69, 9.17) is 4.74 Å². The molecule has 0 aromatic heterocycles. The number of nitrogens with zero attached hydrogens (tertiary/aromatic N) is 2. The van der Waals surface area contributed by atoms with Crippen LogP contribution in [0.2, 0.25) is 0 Å². The van der Waals surface area contributed by atoms with Crippen LogP contribution in [0.4, 0.5) is 5.69 Å². The van der Waals surface area contributed by atoms with E-state index in [1.54, 1.807) is 36.4 Å². The minimum atomic E-state index is -0.860. The molecule has 0 radical (unpaired) electrons. The van der Waals surface area contributed by atoms with Gasteiger partial charge in [-0.15, -0.1) is 0 Å². The van der Waals surface area contributed by atoms with Crippen LogP contribution >= 0.6 is 0 Å². The number of aliphatic hydroxyl groups excluding tert-OH is 1. The Bertz CT molecular complexity index is 1420. The second kappa shape index (κ2) is 9.35. The first-order chi connectivity index (χ1) is 17.1. The Balaban J connectivity index is 1.99. The largest absolute Gasteiger partial charge is 0.507 e. The van der Waals surface area contributed by atoms with Gasteiger partial charge in [-0.2, -0.15) is 5.26 Å². The van der Waals surface area contributed by atoms with E-state index in [-0.39, 0.29) is 16.7 Å². The molecule has 36 heavy (non-hydrogen) atoms. The van der Waals surface area contributed by atoms with E-state index < -0.39 is 17.7 Å². The van der Waals surface area contributed by atoms with Crippen LogP contribution < -0.4 is 9.64 Å². The van der Waals surface area contributed by atoms with E-state index in [9.17, 15) is 20.0 Å². The number of Topliss-reactive ketones (excluding diaryl/α,β-unsaturated/α-hetero) is 1. The van der Waals surface area contributed by atoms with Crippen molar-refractivity contribution in [3.05, 3.63) is 100 Å². The van der Waals surface area contributed by atoms with Gasteiger partial charge in [0.2, 0.25) is 0 Å². The fourth-order valence-corrected chi connectivity index (χ4v) is 4.46. The average Bonchev–Trinajstić information content (AvgIpc) is 3.13. The van der Waals surface area contributed by atoms with Gasteiger partial charge in [0, 0.05) is 5.69 Å². The highest BCUT2D eigenvalue weighted by atomic mass is 16.5. The predicted molar refractivity (Wildman–Crippen MR) is 139 cm³/mol. The number of aliphatic hydroxyl groups is 1. The van der Waals surface area contributed by atoms with Crippen LogP contribution in [0.15, 0.2) is 72.3 Å². The molecule has 1 unspecified atom stereocenters. The molecule has 0 aliphatic carbocycles. The highest BCUT2D eigenvalue weighted by molar-refractivity contribution is 6.51. The van der Waals surface area contributed by atoms with Gasteiger partial charge in [0.15, 0.2) is 0 Å². The van der Waals surface area contributed by atoms with Gasteiger partial charge in [0.25, 0.3) is 11.7 Å². The number of nitriles is 1. The normalized spacial score (nSPS) is 17.2. The van der Waals surface area contributed by atoms with Gasteiger partial charge in [-0.25, -0.2) is 0 Å². The van der Waals surface area contributed by atoms with E-state index in [0.29, 0.717) is 28.1 Å². The van der Waals surface area contributed by atoms with Crippen LogP contribution in [0.1, 0.15) is 54.6 Å². The number of rotatable bonds is 4. The maximum atomic E-state index is 13.5. The van der Waals surface area contributed by atoms with Crippen molar-refractivity contribution < 1.29 is 19.4 Å². The molecule has 6 nitrogen and oxygen atoms in total. The lowest BCUT2D eigenvalue weighted by Gasteiger charge is -2.26. The maximum absolute atomic E-state index is 13.5. The monoisotopic (exact) mass is 480 g/mol. The summed E-state index contributed by atoms with van der Waals surface area (Å²) in [6.45, 7) is 8.08. The number of hydrogen-bond donors (Lipinski definition) is 1. The number of hydrogen-bond acceptors (Lipinski definition) is 5. The van der Waals surface area contributed by atoms with Crippen LogP contribution in [0.25, 0.3) is 5.76 Å². The molecular formula is C30H28N2O4. The van der Waals surface area contributed by atoms with Gasteiger partial charge in [-0.1, -0.05) is 56.7 Å². The molecule has 1 aliphatic heterocycles. The summed E-state index contributed by atoms with van der Waals surface area (Å²) in [6, 6.07) is 20.6. The number of methoxy groups -OCH3 is 1. The van der Waals surface area contributed by atoms with Crippen molar-refractivity contribution in [3.8, 4) is 11.8 Å². The number of anilines is 1. The zero-order valence-electron chi connectivity index (χ0n) is 21.0. The lowest BCUT2D eigenvalue weighted by molar-refractivity contribution is -0.132. The van der Waals surface area contributed by atoms with Gasteiger partial charge >= 0.3 is 0 Å². The molecule has 1 saturated heterocycles. The number of ether oxygens (including phenoxy) is 1. The molecule has 0 bridgehead atoms. The second-order valence-corrected chi connectivity index (χ2v) is 9.91. The van der Waals surface area contributed by atoms with Gasteiger partial charge < -0.3 is 9.84 Å². The molecule has 182 valence electrons. The first-order valence-corrected chi connectivity index (χ1v) is 11.6. The number of ketones is 1. The molecule has 0 saturated carbocycles. The Kier molecular flexibility index (Phi) is 6.43. The zero-order valence-corrected chi connectivity index (χ0v) is 21.0. The second-order valence-electron chi connectivity index (χ2n) is 9.91. The summed E-state index contributed by atoms with van der Waals surface area (Å²) in [6.07, 6.45) is 0. The van der Waals surface area contributed by atoms with Crippen LogP contribution in [0.5, 0.6) is 5.75 Å². The minimum Gasteiger partial charge on any atom is -0.507 e. The van der Waals surface area contributed by atoms with E-state index in [1.807, 2.05) is 37.3 Å². The van der Waals surface area contributed by atoms with Crippen molar-refractivity contribution in [2.45, 2.75) is 39.2 Å². The maximum Gasteiger partial charge on any atom is 0.300 e. The van der Waals surface area contributed by atoms with Crippen molar-refractivity contribution in [3.63, 3.8) is 0 Å². The molecule has 1 atom stereocenters. The Morgan fingerprint density at radius 1 is 1.03 bits per heavy atom. The van der Waals surface area contributed by atoms with Crippen LogP contribution in [0, 0.1) is 18.3 Å². The molecule has 1 N–H and O–H groups in total. The number of carbonyl (C=O) groups is 2. The van der Waals surface area contributed by atoms with Gasteiger partial charge in [0.05, 0.1) is 35.9 Å². The van der Waals surface area contributed by atoms with E-state index in [1.165, 1.54) is 12.0 Å². The number of benzene rings is 3. The standard InChI is InChI=1S/C30H28N2O4/c1-18-7-6-8-20(15-18)26-25(27(33)23-16-21(30(2,3)4)11-14-24(23)36-5)28(34)29(35)32(26)22-12-9-19(17-31)10-13-22/h6-16,26,33H,1-5H3/b27-25+. The third-order valence-corrected chi connectivity index (χ3v) is 6.40. The fourth-order valence-electron chi connectivity index (χ4n) is 4.46. The Morgan fingerprint density at radius 2 is 1.72 bits per heavy atom. The molecule has 1 heterocycles. The van der Waals surface area contributed by atoms with Crippen LogP contribution in [0.3, 0.4) is 0 Å². The van der Waals surface area contributed by atoms with E-state index in [0.717, 1.165) is 11.1 Å². The highest BCUT2D eigenvalue weighted by Crippen LogP contribution is 2.44. The molecule has 4 rings (SSSR count). The third-order valence-electron chi connectivity index (χ3n) is 6.40. The molecule has 0 spiro atoms. The van der Waals surface area contributed by atoms with Gasteiger partial charge in [-0.3, -0.25) is 14.5 Å². The summed E-state index contributed by atoms with van der Waals surface area (Å²) in [5.74, 6) is -1.43. The molecule has 1 amide bonds. The van der Waals surface area contributed by atoms with Crippen molar-refractivity contribution in [1.29, 1.82) is 5.26 Å². The molecule has 1 fully saturated rings. The lowest BCUT2D eigenvalue weighted by Crippen LogP contribution is -2.29. The Hall–Kier alpha value is -4.37. The summed E-state index contributed by atoms with van der Waals surface area (Å²) in [4.78, 5) is 28.2. The summed E-state index contributed by atoms with van der Waals surface area (Å²) in [7, 11) is 1.50. The summed E-state index contributed by atoms with van der Waals surface area (Å²) in [5.41, 5.74) is 3.59. The lowest BCUT2D eigenvalue weighted by atomic mass is 9.85. The average molecular weight is 481 g/mol. The molecule has 1 aliphatic rings. The Morgan fingerprint density at radius 3 is 2.31 bits per heavy atom. The SMILES string of the molecule is COc1ccc(C(C)(C)C)cc1/C(O)=C1\C(=O)C(=O)N(c2ccc(C#N)cc2)C1c1cccc(C)c1. The van der Waals surface area contributed by atoms with E-state index in [2.05, 4.69) is 26.8 Å². The zero-order chi connectivity index (χ0) is 26.2. The minimum absolute atomic E-state index is 0.0145. The smallest absolute Gasteiger partial charge is 0.300 e. The summed E-state index contributed by atoms with van der Waals surface area (Å²) >= 11 is 0. The molecule has 6 heteroatoms. The molecule has 3 aromatic rings. The topological polar surface area (TPSA) is 90.6 Å². The first-order valence-electron chi connectivity index (χ1n) is 11.6. The summed E-state index contributed by atoms with van der Waals surface area (Å²) in [5, 5.41) is 20.8. The fraction of sp³-hybridized carbons (Fsp3) is 0.233. The predicted octanol–water partition coefficient (Wildman–Crippen LogP) is 5.80. The van der Waals surface area contributed by atoms with Gasteiger partial charge in [0.1, 0.15) is 11.5 Å². The van der Waals surface area contributed by atoms with Crippen molar-refractivity contribution in [2.24, 2.45) is 0 Å². The third kappa shape index (κ3) is 4.36. The van der Waals surface area contributed by atoms with E-state index >= 15 is 0 Å². The van der Waals surface area contributed by atoms with Crippen molar-refractivity contribution in [1.82, 2.24) is 0 Å². The van der Waals surface area contributed by atoms with Gasteiger partial charge in [-0.05, 0) is 59.9 Å². The van der Waals surface area contributed by atoms with Crippen molar-refractivity contribution in [2.75, 3.05) is 12.0 Å². The summed E-state index contributed by atoms with van der Waals surface area (Å²) < 4.78 is 5.52. The quantitative estimate of drug-likeness (QED) is 0.290. The first kappa shape index (κ1) is 24.7. The highest BCUT2D eigenvalue weighted by Gasteiger charge is 2.47. The number of amides is 1. The van der Waals surface area contributed by atoms with Crippen LogP contribution in [-0.2, 0) is 15.0 Å². The molecular weight excluding hydrogens is 452 g/mol. The number of aryl methyl sites for hydroxylation is 1. The molecule has 3 aromatic carbocycles. The van der Waals surface area contributed by atoms with Crippen molar-refractivity contribution >= 4 is 23.1 Å². The Labute approximate surface area is 211 Å². The van der Waals surface area contributed by atoms with Crippen LogP contribution in [-0.4, -0.2) is 23.9 Å². The number of carbonyl (C=O) groups excluding carboxylic acids is 2.